The van der Waals surface area contributed by atoms with Crippen LogP contribution in [0.5, 0.6) is 0 Å². The summed E-state index contributed by atoms with van der Waals surface area (Å²) in [6.07, 6.45) is 6.55. The van der Waals surface area contributed by atoms with E-state index in [2.05, 4.69) is 5.06 Å². The Morgan fingerprint density at radius 2 is 2.42 bits per heavy atom. The van der Waals surface area contributed by atoms with Gasteiger partial charge in [-0.15, -0.1) is 0 Å². The molecule has 0 radical (unpaired) electrons. The van der Waals surface area contributed by atoms with Crippen LogP contribution < -0.4 is 0 Å². The number of hydrogen-bond donors (Lipinski definition) is 0. The lowest BCUT2D eigenvalue weighted by Crippen LogP contribution is -2.32. The summed E-state index contributed by atoms with van der Waals surface area (Å²) in [6, 6.07) is 0.601. The minimum Gasteiger partial charge on any atom is -0.303 e. The van der Waals surface area contributed by atoms with Gasteiger partial charge in [-0.05, 0) is 19.3 Å². The first kappa shape index (κ1) is 8.20. The maximum atomic E-state index is 10.3. The Morgan fingerprint density at radius 1 is 1.50 bits per heavy atom. The lowest BCUT2D eigenvalue weighted by molar-refractivity contribution is -0.172. The van der Waals surface area contributed by atoms with E-state index in [1.807, 2.05) is 0 Å². The fourth-order valence-corrected chi connectivity index (χ4v) is 2.13. The number of nitrogens with zero attached hydrogens (tertiary/aromatic N) is 1. The molecule has 0 amide bonds. The summed E-state index contributed by atoms with van der Waals surface area (Å²) in [7, 11) is 0. The largest absolute Gasteiger partial charge is 0.303 e. The van der Waals surface area contributed by atoms with E-state index in [9.17, 15) is 4.79 Å². The van der Waals surface area contributed by atoms with E-state index in [0.29, 0.717) is 12.5 Å². The Balaban J connectivity index is 1.89. The molecule has 0 saturated carbocycles. The smallest absolute Gasteiger partial charge is 0.122 e. The summed E-state index contributed by atoms with van der Waals surface area (Å²) in [6.45, 7) is 1.06. The van der Waals surface area contributed by atoms with Crippen LogP contribution in [0.15, 0.2) is 0 Å². The highest BCUT2D eigenvalue weighted by molar-refractivity contribution is 5.50. The molecule has 0 N–H and O–H groups in total. The SMILES string of the molecule is O=CCC1CC2CCCCN2O1. The van der Waals surface area contributed by atoms with Crippen LogP contribution in [-0.4, -0.2) is 30.0 Å². The minimum atomic E-state index is 0.172. The molecule has 2 unspecified atom stereocenters. The molecule has 2 atom stereocenters. The predicted octanol–water partition coefficient (Wildman–Crippen LogP) is 1.13. The zero-order chi connectivity index (χ0) is 8.39. The number of rotatable bonds is 2. The van der Waals surface area contributed by atoms with Crippen molar-refractivity contribution in [3.05, 3.63) is 0 Å². The van der Waals surface area contributed by atoms with Crippen LogP contribution in [0.2, 0.25) is 0 Å². The average Bonchev–Trinajstić information content (AvgIpc) is 2.47. The molecular formula is C9H15NO2. The lowest BCUT2D eigenvalue weighted by atomic mass is 10.00. The molecule has 2 rings (SSSR count). The van der Waals surface area contributed by atoms with Crippen LogP contribution >= 0.6 is 0 Å². The lowest BCUT2D eigenvalue weighted by Gasteiger charge is -2.26. The predicted molar refractivity (Wildman–Crippen MR) is 44.5 cm³/mol. The third kappa shape index (κ3) is 1.52. The van der Waals surface area contributed by atoms with Gasteiger partial charge in [0.25, 0.3) is 0 Å². The zero-order valence-corrected chi connectivity index (χ0v) is 7.24. The summed E-state index contributed by atoms with van der Waals surface area (Å²) in [5, 5.41) is 2.08. The Labute approximate surface area is 72.6 Å². The number of hydrogen-bond acceptors (Lipinski definition) is 3. The van der Waals surface area contributed by atoms with Crippen molar-refractivity contribution in [1.82, 2.24) is 5.06 Å². The zero-order valence-electron chi connectivity index (χ0n) is 7.24. The number of carbonyl (C=O) groups is 1. The molecule has 0 spiro atoms. The fourth-order valence-electron chi connectivity index (χ4n) is 2.13. The highest BCUT2D eigenvalue weighted by atomic mass is 16.7. The normalized spacial score (nSPS) is 36.3. The molecule has 68 valence electrons. The van der Waals surface area contributed by atoms with Gasteiger partial charge in [0.15, 0.2) is 0 Å². The molecule has 12 heavy (non-hydrogen) atoms. The topological polar surface area (TPSA) is 29.5 Å². The van der Waals surface area contributed by atoms with Crippen molar-refractivity contribution in [3.8, 4) is 0 Å². The summed E-state index contributed by atoms with van der Waals surface area (Å²) in [4.78, 5) is 15.9. The van der Waals surface area contributed by atoms with Crippen LogP contribution in [0.4, 0.5) is 0 Å². The first-order chi connectivity index (χ1) is 5.90. The van der Waals surface area contributed by atoms with Gasteiger partial charge < -0.3 is 4.79 Å². The third-order valence-corrected chi connectivity index (χ3v) is 2.75. The van der Waals surface area contributed by atoms with Gasteiger partial charge >= 0.3 is 0 Å². The van der Waals surface area contributed by atoms with Gasteiger partial charge in [0, 0.05) is 19.0 Å². The second kappa shape index (κ2) is 3.54. The average molecular weight is 169 g/mol. The fraction of sp³-hybridized carbons (Fsp3) is 0.889. The van der Waals surface area contributed by atoms with Gasteiger partial charge in [0.2, 0.25) is 0 Å². The number of aldehydes is 1. The first-order valence-corrected chi connectivity index (χ1v) is 4.77. The van der Waals surface area contributed by atoms with E-state index >= 15 is 0 Å². The van der Waals surface area contributed by atoms with Crippen LogP contribution in [-0.2, 0) is 9.63 Å². The van der Waals surface area contributed by atoms with E-state index in [1.54, 1.807) is 0 Å². The number of fused-ring (bicyclic) bond motifs is 1. The molecule has 0 aromatic heterocycles. The van der Waals surface area contributed by atoms with Crippen molar-refractivity contribution < 1.29 is 9.63 Å². The minimum absolute atomic E-state index is 0.172. The molecule has 3 heteroatoms. The summed E-state index contributed by atoms with van der Waals surface area (Å²) < 4.78 is 0. The molecular weight excluding hydrogens is 154 g/mol. The second-order valence-corrected chi connectivity index (χ2v) is 3.66. The molecule has 0 aromatic rings. The van der Waals surface area contributed by atoms with Gasteiger partial charge in [0.1, 0.15) is 6.29 Å². The first-order valence-electron chi connectivity index (χ1n) is 4.77. The molecule has 3 nitrogen and oxygen atoms in total. The molecule has 0 bridgehead atoms. The van der Waals surface area contributed by atoms with Crippen LogP contribution in [0.3, 0.4) is 0 Å². The van der Waals surface area contributed by atoms with E-state index in [0.717, 1.165) is 19.3 Å². The van der Waals surface area contributed by atoms with Gasteiger partial charge in [-0.1, -0.05) is 6.42 Å². The Kier molecular flexibility index (Phi) is 2.42. The Morgan fingerprint density at radius 3 is 3.17 bits per heavy atom. The quantitative estimate of drug-likeness (QED) is 0.580. The molecule has 2 aliphatic heterocycles. The van der Waals surface area contributed by atoms with Crippen LogP contribution in [0.25, 0.3) is 0 Å². The monoisotopic (exact) mass is 169 g/mol. The van der Waals surface area contributed by atoms with E-state index in [-0.39, 0.29) is 6.10 Å². The van der Waals surface area contributed by atoms with E-state index in [1.165, 1.54) is 19.3 Å². The van der Waals surface area contributed by atoms with Crippen LogP contribution in [0, 0.1) is 0 Å². The Hall–Kier alpha value is -0.410. The van der Waals surface area contributed by atoms with Gasteiger partial charge in [-0.2, -0.15) is 5.06 Å². The van der Waals surface area contributed by atoms with Crippen molar-refractivity contribution in [1.29, 1.82) is 0 Å². The van der Waals surface area contributed by atoms with Crippen molar-refractivity contribution >= 4 is 6.29 Å². The highest BCUT2D eigenvalue weighted by Gasteiger charge is 2.34. The van der Waals surface area contributed by atoms with Crippen molar-refractivity contribution in [2.75, 3.05) is 6.54 Å². The summed E-state index contributed by atoms with van der Waals surface area (Å²) >= 11 is 0. The maximum Gasteiger partial charge on any atom is 0.122 e. The number of hydroxylamine groups is 2. The third-order valence-electron chi connectivity index (χ3n) is 2.75. The van der Waals surface area contributed by atoms with Gasteiger partial charge in [0.05, 0.1) is 6.10 Å². The summed E-state index contributed by atoms with van der Waals surface area (Å²) in [5.74, 6) is 0. The maximum absolute atomic E-state index is 10.3. The number of carbonyl (C=O) groups excluding carboxylic acids is 1. The highest BCUT2D eigenvalue weighted by Crippen LogP contribution is 2.29. The number of piperidine rings is 1. The van der Waals surface area contributed by atoms with Crippen molar-refractivity contribution in [2.45, 2.75) is 44.2 Å². The standard InChI is InChI=1S/C9H15NO2/c11-6-4-9-7-8-3-1-2-5-10(8)12-9/h6,8-9H,1-5,7H2. The molecule has 2 fully saturated rings. The molecule has 2 aliphatic rings. The summed E-state index contributed by atoms with van der Waals surface area (Å²) in [5.41, 5.74) is 0. The van der Waals surface area contributed by atoms with Crippen molar-refractivity contribution in [2.24, 2.45) is 0 Å². The molecule has 0 aliphatic carbocycles. The van der Waals surface area contributed by atoms with Crippen LogP contribution in [0.1, 0.15) is 32.1 Å². The second-order valence-electron chi connectivity index (χ2n) is 3.66. The van der Waals surface area contributed by atoms with Gasteiger partial charge in [-0.3, -0.25) is 4.84 Å². The van der Waals surface area contributed by atoms with Crippen molar-refractivity contribution in [3.63, 3.8) is 0 Å². The Bertz CT molecular complexity index is 158. The van der Waals surface area contributed by atoms with E-state index in [4.69, 9.17) is 4.84 Å². The molecule has 0 aromatic carbocycles. The van der Waals surface area contributed by atoms with Gasteiger partial charge in [-0.25, -0.2) is 0 Å². The molecule has 2 saturated heterocycles. The molecule has 2 heterocycles. The van der Waals surface area contributed by atoms with E-state index < -0.39 is 0 Å².